The number of aromatic nitrogens is 1. The lowest BCUT2D eigenvalue weighted by molar-refractivity contribution is 0.0602. The van der Waals surface area contributed by atoms with Gasteiger partial charge in [-0.3, -0.25) is 4.79 Å². The van der Waals surface area contributed by atoms with Crippen molar-refractivity contribution in [2.75, 3.05) is 12.4 Å². The predicted octanol–water partition coefficient (Wildman–Crippen LogP) is 3.06. The van der Waals surface area contributed by atoms with Gasteiger partial charge in [-0.05, 0) is 24.3 Å². The molecule has 110 valence electrons. The number of benzene rings is 2. The molecule has 0 amide bonds. The summed E-state index contributed by atoms with van der Waals surface area (Å²) in [6.45, 7) is 0. The molecular formula is C17H14N2O3. The fraction of sp³-hybridized carbons (Fsp3) is 0.0588. The molecule has 5 nitrogen and oxygen atoms in total. The van der Waals surface area contributed by atoms with E-state index >= 15 is 0 Å². The maximum absolute atomic E-state index is 12.0. The van der Waals surface area contributed by atoms with Gasteiger partial charge in [0.05, 0.1) is 23.9 Å². The van der Waals surface area contributed by atoms with E-state index in [2.05, 4.69) is 10.3 Å². The van der Waals surface area contributed by atoms with Crippen LogP contribution in [-0.4, -0.2) is 18.1 Å². The van der Waals surface area contributed by atoms with E-state index in [1.54, 1.807) is 18.3 Å². The highest BCUT2D eigenvalue weighted by Crippen LogP contribution is 2.25. The Balaban J connectivity index is 2.18. The topological polar surface area (TPSA) is 71.2 Å². The second kappa shape index (κ2) is 5.73. The van der Waals surface area contributed by atoms with Crippen LogP contribution in [0.1, 0.15) is 10.4 Å². The first-order valence-corrected chi connectivity index (χ1v) is 6.75. The van der Waals surface area contributed by atoms with Crippen molar-refractivity contribution in [2.45, 2.75) is 0 Å². The molecule has 1 aromatic heterocycles. The molecule has 0 aliphatic rings. The number of esters is 1. The molecule has 2 aromatic carbocycles. The standard InChI is InChI=1S/C17H14N2O3/c1-22-17(21)13-9-12-14(18-8-7-16(12)20)10-15(13)19-11-5-3-2-4-6-11/h2-10,19H,1H3,(H,18,20). The monoisotopic (exact) mass is 294 g/mol. The van der Waals surface area contributed by atoms with Gasteiger partial charge in [-0.25, -0.2) is 4.79 Å². The van der Waals surface area contributed by atoms with Crippen LogP contribution in [0.25, 0.3) is 10.9 Å². The van der Waals surface area contributed by atoms with Crippen molar-refractivity contribution in [1.82, 2.24) is 4.98 Å². The highest BCUT2D eigenvalue weighted by molar-refractivity contribution is 6.01. The SMILES string of the molecule is COC(=O)c1cc2c(=O)cc[nH]c2cc1Nc1ccccc1. The minimum absolute atomic E-state index is 0.148. The molecule has 3 aromatic rings. The van der Waals surface area contributed by atoms with Crippen LogP contribution in [0.3, 0.4) is 0 Å². The number of hydrogen-bond donors (Lipinski definition) is 2. The van der Waals surface area contributed by atoms with Crippen LogP contribution >= 0.6 is 0 Å². The van der Waals surface area contributed by atoms with E-state index in [-0.39, 0.29) is 5.43 Å². The van der Waals surface area contributed by atoms with E-state index in [0.29, 0.717) is 22.2 Å². The summed E-state index contributed by atoms with van der Waals surface area (Å²) in [7, 11) is 1.31. The maximum Gasteiger partial charge on any atom is 0.340 e. The molecule has 1 heterocycles. The number of nitrogens with one attached hydrogen (secondary N) is 2. The molecule has 2 N–H and O–H groups in total. The molecule has 3 rings (SSSR count). The Hall–Kier alpha value is -3.08. The molecule has 0 radical (unpaired) electrons. The second-order valence-corrected chi connectivity index (χ2v) is 4.77. The van der Waals surface area contributed by atoms with Crippen LogP contribution < -0.4 is 10.7 Å². The Kier molecular flexibility index (Phi) is 3.62. The van der Waals surface area contributed by atoms with Gasteiger partial charge in [-0.15, -0.1) is 0 Å². The number of methoxy groups -OCH3 is 1. The van der Waals surface area contributed by atoms with E-state index in [4.69, 9.17) is 4.74 Å². The zero-order valence-electron chi connectivity index (χ0n) is 11.9. The Morgan fingerprint density at radius 2 is 1.91 bits per heavy atom. The third kappa shape index (κ3) is 2.56. The Morgan fingerprint density at radius 3 is 2.64 bits per heavy atom. The molecular weight excluding hydrogens is 280 g/mol. The molecule has 0 aliphatic heterocycles. The quantitative estimate of drug-likeness (QED) is 0.728. The number of pyridine rings is 1. The number of hydrogen-bond acceptors (Lipinski definition) is 4. The molecule has 22 heavy (non-hydrogen) atoms. The minimum Gasteiger partial charge on any atom is -0.465 e. The lowest BCUT2D eigenvalue weighted by Gasteiger charge is -2.12. The van der Waals surface area contributed by atoms with Crippen LogP contribution in [0, 0.1) is 0 Å². The zero-order chi connectivity index (χ0) is 15.5. The first-order chi connectivity index (χ1) is 10.7. The first kappa shape index (κ1) is 13.9. The normalized spacial score (nSPS) is 10.4. The Bertz CT molecular complexity index is 885. The van der Waals surface area contributed by atoms with E-state index in [1.807, 2.05) is 30.3 Å². The highest BCUT2D eigenvalue weighted by Gasteiger charge is 2.15. The van der Waals surface area contributed by atoms with Crippen LogP contribution in [0.2, 0.25) is 0 Å². The van der Waals surface area contributed by atoms with Crippen molar-refractivity contribution in [3.05, 3.63) is 70.5 Å². The number of carbonyl (C=O) groups excluding carboxylic acids is 1. The van der Waals surface area contributed by atoms with Crippen molar-refractivity contribution in [2.24, 2.45) is 0 Å². The summed E-state index contributed by atoms with van der Waals surface area (Å²) in [4.78, 5) is 26.9. The lowest BCUT2D eigenvalue weighted by atomic mass is 10.1. The smallest absolute Gasteiger partial charge is 0.340 e. The zero-order valence-corrected chi connectivity index (χ0v) is 11.9. The van der Waals surface area contributed by atoms with Crippen LogP contribution in [0.5, 0.6) is 0 Å². The highest BCUT2D eigenvalue weighted by atomic mass is 16.5. The number of H-pyrrole nitrogens is 1. The summed E-state index contributed by atoms with van der Waals surface area (Å²) in [6, 6.07) is 14.2. The summed E-state index contributed by atoms with van der Waals surface area (Å²) in [5.41, 5.74) is 2.23. The second-order valence-electron chi connectivity index (χ2n) is 4.77. The fourth-order valence-electron chi connectivity index (χ4n) is 2.28. The van der Waals surface area contributed by atoms with Crippen LogP contribution in [0.15, 0.2) is 59.5 Å². The van der Waals surface area contributed by atoms with Gasteiger partial charge in [-0.1, -0.05) is 18.2 Å². The molecule has 0 fully saturated rings. The summed E-state index contributed by atoms with van der Waals surface area (Å²) in [5.74, 6) is -0.497. The number of rotatable bonds is 3. The van der Waals surface area contributed by atoms with Gasteiger partial charge in [0.25, 0.3) is 0 Å². The van der Waals surface area contributed by atoms with Gasteiger partial charge in [0.15, 0.2) is 5.43 Å². The first-order valence-electron chi connectivity index (χ1n) is 6.75. The molecule has 5 heteroatoms. The molecule has 0 unspecified atom stereocenters. The largest absolute Gasteiger partial charge is 0.465 e. The fourth-order valence-corrected chi connectivity index (χ4v) is 2.28. The molecule has 0 bridgehead atoms. The van der Waals surface area contributed by atoms with Gasteiger partial charge in [-0.2, -0.15) is 0 Å². The van der Waals surface area contributed by atoms with E-state index in [9.17, 15) is 9.59 Å². The summed E-state index contributed by atoms with van der Waals surface area (Å²) >= 11 is 0. The molecule has 0 atom stereocenters. The van der Waals surface area contributed by atoms with Crippen molar-refractivity contribution in [3.8, 4) is 0 Å². The summed E-state index contributed by atoms with van der Waals surface area (Å²) < 4.78 is 4.81. The summed E-state index contributed by atoms with van der Waals surface area (Å²) in [5, 5.41) is 3.62. The van der Waals surface area contributed by atoms with Crippen LogP contribution in [-0.2, 0) is 4.74 Å². The molecule has 0 aliphatic carbocycles. The van der Waals surface area contributed by atoms with Gasteiger partial charge in [0, 0.05) is 23.3 Å². The number of fused-ring (bicyclic) bond motifs is 1. The average molecular weight is 294 g/mol. The van der Waals surface area contributed by atoms with Crippen molar-refractivity contribution in [1.29, 1.82) is 0 Å². The molecule has 0 saturated carbocycles. The minimum atomic E-state index is -0.497. The number of anilines is 2. The van der Waals surface area contributed by atoms with E-state index in [0.717, 1.165) is 5.69 Å². The van der Waals surface area contributed by atoms with Gasteiger partial charge >= 0.3 is 5.97 Å². The van der Waals surface area contributed by atoms with Gasteiger partial charge in [0.1, 0.15) is 0 Å². The van der Waals surface area contributed by atoms with E-state index < -0.39 is 5.97 Å². The van der Waals surface area contributed by atoms with Gasteiger partial charge < -0.3 is 15.0 Å². The number of ether oxygens (including phenoxy) is 1. The third-order valence-electron chi connectivity index (χ3n) is 3.35. The lowest BCUT2D eigenvalue weighted by Crippen LogP contribution is -2.09. The third-order valence-corrected chi connectivity index (χ3v) is 3.35. The van der Waals surface area contributed by atoms with Crippen molar-refractivity contribution >= 4 is 28.2 Å². The summed E-state index contributed by atoms with van der Waals surface area (Å²) in [6.07, 6.45) is 1.58. The van der Waals surface area contributed by atoms with Crippen molar-refractivity contribution in [3.63, 3.8) is 0 Å². The number of aromatic amines is 1. The number of carbonyl (C=O) groups is 1. The van der Waals surface area contributed by atoms with E-state index in [1.165, 1.54) is 13.2 Å². The predicted molar refractivity (Wildman–Crippen MR) is 85.6 cm³/mol. The van der Waals surface area contributed by atoms with Crippen LogP contribution in [0.4, 0.5) is 11.4 Å². The molecule has 0 spiro atoms. The molecule has 0 saturated heterocycles. The number of para-hydroxylation sites is 1. The Morgan fingerprint density at radius 1 is 1.14 bits per heavy atom. The maximum atomic E-state index is 12.0. The van der Waals surface area contributed by atoms with Crippen molar-refractivity contribution < 1.29 is 9.53 Å². The Labute approximate surface area is 126 Å². The van der Waals surface area contributed by atoms with Gasteiger partial charge in [0.2, 0.25) is 0 Å². The average Bonchev–Trinajstić information content (AvgIpc) is 2.55.